The first-order valence-electron chi connectivity index (χ1n) is 8.47. The van der Waals surface area contributed by atoms with Gasteiger partial charge < -0.3 is 11.1 Å². The highest BCUT2D eigenvalue weighted by atomic mass is 16.2. The minimum absolute atomic E-state index is 0.117. The molecular formula is C19H17N5O3. The van der Waals surface area contributed by atoms with Gasteiger partial charge in [-0.15, -0.1) is 0 Å². The van der Waals surface area contributed by atoms with E-state index in [9.17, 15) is 14.4 Å². The summed E-state index contributed by atoms with van der Waals surface area (Å²) in [4.78, 5) is 37.6. The van der Waals surface area contributed by atoms with Crippen LogP contribution >= 0.6 is 0 Å². The molecule has 2 heterocycles. The molecule has 0 bridgehead atoms. The molecule has 0 radical (unpaired) electrons. The molecule has 1 saturated heterocycles. The van der Waals surface area contributed by atoms with E-state index >= 15 is 0 Å². The van der Waals surface area contributed by atoms with Gasteiger partial charge >= 0.3 is 0 Å². The van der Waals surface area contributed by atoms with Gasteiger partial charge in [-0.2, -0.15) is 5.10 Å². The summed E-state index contributed by atoms with van der Waals surface area (Å²) in [5.74, 6) is -0.870. The quantitative estimate of drug-likeness (QED) is 0.652. The Kier molecular flexibility index (Phi) is 4.08. The van der Waals surface area contributed by atoms with Crippen LogP contribution in [0, 0.1) is 5.92 Å². The van der Waals surface area contributed by atoms with Crippen LogP contribution in [0.3, 0.4) is 0 Å². The zero-order valence-electron chi connectivity index (χ0n) is 14.3. The number of nitrogens with two attached hydrogens (primary N) is 1. The Hall–Kier alpha value is -3.68. The molecule has 136 valence electrons. The molecule has 1 atom stereocenters. The second-order valence-electron chi connectivity index (χ2n) is 6.43. The molecule has 1 fully saturated rings. The van der Waals surface area contributed by atoms with E-state index in [4.69, 9.17) is 5.73 Å². The number of carbonyl (C=O) groups is 3. The third-order valence-corrected chi connectivity index (χ3v) is 4.64. The minimum atomic E-state index is -0.531. The van der Waals surface area contributed by atoms with Crippen molar-refractivity contribution in [3.05, 3.63) is 54.1 Å². The Bertz CT molecular complexity index is 1040. The lowest BCUT2D eigenvalue weighted by molar-refractivity contribution is -0.122. The summed E-state index contributed by atoms with van der Waals surface area (Å²) >= 11 is 0. The normalized spacial score (nSPS) is 16.7. The number of nitrogens with zero attached hydrogens (tertiary/aromatic N) is 2. The van der Waals surface area contributed by atoms with Gasteiger partial charge in [-0.1, -0.05) is 12.1 Å². The van der Waals surface area contributed by atoms with Crippen molar-refractivity contribution < 1.29 is 14.4 Å². The lowest BCUT2D eigenvalue weighted by Crippen LogP contribution is -2.28. The number of H-pyrrole nitrogens is 1. The number of benzene rings is 2. The lowest BCUT2D eigenvalue weighted by atomic mass is 10.1. The monoisotopic (exact) mass is 363 g/mol. The molecule has 1 aliphatic heterocycles. The van der Waals surface area contributed by atoms with E-state index in [0.717, 1.165) is 10.9 Å². The van der Waals surface area contributed by atoms with E-state index in [1.165, 1.54) is 0 Å². The molecule has 8 heteroatoms. The summed E-state index contributed by atoms with van der Waals surface area (Å²) in [7, 11) is 0. The fourth-order valence-corrected chi connectivity index (χ4v) is 3.20. The molecule has 4 N–H and O–H groups in total. The third kappa shape index (κ3) is 3.12. The van der Waals surface area contributed by atoms with Gasteiger partial charge in [0.2, 0.25) is 17.7 Å². The zero-order valence-corrected chi connectivity index (χ0v) is 14.3. The van der Waals surface area contributed by atoms with Crippen LogP contribution in [0.4, 0.5) is 11.5 Å². The van der Waals surface area contributed by atoms with E-state index in [2.05, 4.69) is 15.5 Å². The molecule has 4 rings (SSSR count). The lowest BCUT2D eigenvalue weighted by Gasteiger charge is -2.14. The standard InChI is InChI=1S/C19H17N5O3/c20-17(26)11-5-7-13(8-6-11)21-19(27)12-9-16(25)24(10-12)18-14-3-1-2-4-15(14)22-23-18/h1-8,12H,9-10H2,(H2,20,26)(H,21,27)(H,22,23)/t12-/m1/s1. The van der Waals surface area contributed by atoms with Gasteiger partial charge in [0.05, 0.1) is 11.4 Å². The first-order valence-corrected chi connectivity index (χ1v) is 8.47. The number of fused-ring (bicyclic) bond motifs is 1. The summed E-state index contributed by atoms with van der Waals surface area (Å²) in [6, 6.07) is 13.8. The first kappa shape index (κ1) is 16.8. The van der Waals surface area contributed by atoms with Crippen LogP contribution < -0.4 is 16.0 Å². The van der Waals surface area contributed by atoms with Crippen LogP contribution in [-0.2, 0) is 9.59 Å². The third-order valence-electron chi connectivity index (χ3n) is 4.64. The largest absolute Gasteiger partial charge is 0.366 e. The van der Waals surface area contributed by atoms with E-state index in [1.807, 2.05) is 24.3 Å². The Morgan fingerprint density at radius 1 is 1.15 bits per heavy atom. The molecule has 27 heavy (non-hydrogen) atoms. The number of hydrogen-bond donors (Lipinski definition) is 3. The second-order valence-corrected chi connectivity index (χ2v) is 6.43. The van der Waals surface area contributed by atoms with Crippen molar-refractivity contribution in [3.8, 4) is 0 Å². The molecule has 0 aliphatic carbocycles. The second kappa shape index (κ2) is 6.56. The number of anilines is 2. The average Bonchev–Trinajstić information content (AvgIpc) is 3.25. The zero-order chi connectivity index (χ0) is 19.0. The van der Waals surface area contributed by atoms with E-state index in [-0.39, 0.29) is 24.8 Å². The molecule has 1 aromatic heterocycles. The highest BCUT2D eigenvalue weighted by Gasteiger charge is 2.36. The summed E-state index contributed by atoms with van der Waals surface area (Å²) in [5, 5.41) is 10.8. The van der Waals surface area contributed by atoms with Gasteiger partial charge in [0, 0.05) is 29.6 Å². The first-order chi connectivity index (χ1) is 13.0. The smallest absolute Gasteiger partial charge is 0.248 e. The van der Waals surface area contributed by atoms with Gasteiger partial charge in [0.15, 0.2) is 5.82 Å². The van der Waals surface area contributed by atoms with Crippen molar-refractivity contribution in [2.75, 3.05) is 16.8 Å². The average molecular weight is 363 g/mol. The van der Waals surface area contributed by atoms with Crippen LogP contribution in [0.25, 0.3) is 10.9 Å². The summed E-state index contributed by atoms with van der Waals surface area (Å²) in [5.41, 5.74) is 6.94. The number of amides is 3. The van der Waals surface area contributed by atoms with Crippen molar-refractivity contribution in [2.45, 2.75) is 6.42 Å². The van der Waals surface area contributed by atoms with E-state index in [0.29, 0.717) is 17.1 Å². The van der Waals surface area contributed by atoms with Crippen molar-refractivity contribution >= 4 is 40.1 Å². The molecule has 0 saturated carbocycles. The Labute approximate surface area is 154 Å². The van der Waals surface area contributed by atoms with Crippen LogP contribution in [0.5, 0.6) is 0 Å². The molecular weight excluding hydrogens is 346 g/mol. The number of nitrogens with one attached hydrogen (secondary N) is 2. The SMILES string of the molecule is NC(=O)c1ccc(NC(=O)[C@@H]2CC(=O)N(c3n[nH]c4ccccc34)C2)cc1. The maximum absolute atomic E-state index is 12.5. The number of primary amides is 1. The highest BCUT2D eigenvalue weighted by Crippen LogP contribution is 2.30. The maximum Gasteiger partial charge on any atom is 0.248 e. The number of para-hydroxylation sites is 1. The van der Waals surface area contributed by atoms with Gasteiger partial charge in [0.25, 0.3) is 0 Å². The van der Waals surface area contributed by atoms with Crippen molar-refractivity contribution in [1.82, 2.24) is 10.2 Å². The number of carbonyl (C=O) groups excluding carboxylic acids is 3. The molecule has 8 nitrogen and oxygen atoms in total. The van der Waals surface area contributed by atoms with Crippen LogP contribution in [-0.4, -0.2) is 34.5 Å². The van der Waals surface area contributed by atoms with Crippen molar-refractivity contribution in [2.24, 2.45) is 11.7 Å². The molecule has 1 aliphatic rings. The van der Waals surface area contributed by atoms with Crippen molar-refractivity contribution in [3.63, 3.8) is 0 Å². The van der Waals surface area contributed by atoms with Gasteiger partial charge in [-0.3, -0.25) is 24.4 Å². The molecule has 2 aromatic carbocycles. The minimum Gasteiger partial charge on any atom is -0.366 e. The predicted octanol–water partition coefficient (Wildman–Crippen LogP) is 1.65. The predicted molar refractivity (Wildman–Crippen MR) is 100 cm³/mol. The number of hydrogen-bond acceptors (Lipinski definition) is 4. The Morgan fingerprint density at radius 2 is 1.89 bits per heavy atom. The fraction of sp³-hybridized carbons (Fsp3) is 0.158. The highest BCUT2D eigenvalue weighted by molar-refractivity contribution is 6.07. The van der Waals surface area contributed by atoms with Crippen molar-refractivity contribution in [1.29, 1.82) is 0 Å². The Balaban J connectivity index is 1.48. The number of rotatable bonds is 4. The van der Waals surface area contributed by atoms with Crippen LogP contribution in [0.2, 0.25) is 0 Å². The summed E-state index contributed by atoms with van der Waals surface area (Å²) in [6.07, 6.45) is 0.117. The molecule has 3 amide bonds. The van der Waals surface area contributed by atoms with Gasteiger partial charge in [-0.25, -0.2) is 0 Å². The Morgan fingerprint density at radius 3 is 2.63 bits per heavy atom. The summed E-state index contributed by atoms with van der Waals surface area (Å²) < 4.78 is 0. The van der Waals surface area contributed by atoms with Crippen LogP contribution in [0.15, 0.2) is 48.5 Å². The van der Waals surface area contributed by atoms with E-state index < -0.39 is 11.8 Å². The van der Waals surface area contributed by atoms with Gasteiger partial charge in [-0.05, 0) is 36.4 Å². The number of aromatic amines is 1. The topological polar surface area (TPSA) is 121 Å². The van der Waals surface area contributed by atoms with Crippen LogP contribution in [0.1, 0.15) is 16.8 Å². The molecule has 0 spiro atoms. The number of aromatic nitrogens is 2. The fourth-order valence-electron chi connectivity index (χ4n) is 3.20. The van der Waals surface area contributed by atoms with Gasteiger partial charge in [0.1, 0.15) is 0 Å². The van der Waals surface area contributed by atoms with E-state index in [1.54, 1.807) is 29.2 Å². The maximum atomic E-state index is 12.5. The summed E-state index contributed by atoms with van der Waals surface area (Å²) in [6.45, 7) is 0.263. The molecule has 3 aromatic rings. The molecule has 0 unspecified atom stereocenters.